The van der Waals surface area contributed by atoms with Gasteiger partial charge in [0, 0.05) is 17.4 Å². The van der Waals surface area contributed by atoms with Crippen molar-refractivity contribution in [2.45, 2.75) is 19.4 Å². The van der Waals surface area contributed by atoms with E-state index < -0.39 is 5.60 Å². The normalized spacial score (nSPS) is 14.4. The van der Waals surface area contributed by atoms with Crippen molar-refractivity contribution in [2.75, 3.05) is 5.73 Å². The highest BCUT2D eigenvalue weighted by Crippen LogP contribution is 2.41. The number of nitrogens with one attached hydrogen (secondary N) is 1. The van der Waals surface area contributed by atoms with Crippen molar-refractivity contribution in [3.05, 3.63) is 87.8 Å². The lowest BCUT2D eigenvalue weighted by atomic mass is 9.86. The number of aromatic nitrogens is 1. The van der Waals surface area contributed by atoms with Crippen LogP contribution in [0.5, 0.6) is 5.75 Å². The fourth-order valence-electron chi connectivity index (χ4n) is 3.49. The minimum atomic E-state index is -0.600. The van der Waals surface area contributed by atoms with Gasteiger partial charge in [-0.2, -0.15) is 5.26 Å². The zero-order valence-corrected chi connectivity index (χ0v) is 15.6. The Hall–Kier alpha value is -3.78. The average molecular weight is 369 g/mol. The smallest absolute Gasteiger partial charge is 0.256 e. The van der Waals surface area contributed by atoms with Crippen LogP contribution < -0.4 is 16.0 Å². The van der Waals surface area contributed by atoms with E-state index in [4.69, 9.17) is 10.5 Å². The number of benzene rings is 2. The molecule has 0 atom stereocenters. The summed E-state index contributed by atoms with van der Waals surface area (Å²) in [6.45, 7) is 3.88. The number of nitriles is 1. The summed E-state index contributed by atoms with van der Waals surface area (Å²) in [6, 6.07) is 16.7. The van der Waals surface area contributed by atoms with Gasteiger partial charge >= 0.3 is 0 Å². The van der Waals surface area contributed by atoms with E-state index in [1.165, 1.54) is 0 Å². The third-order valence-corrected chi connectivity index (χ3v) is 4.72. The summed E-state index contributed by atoms with van der Waals surface area (Å²) in [5.41, 5.74) is 9.88. The van der Waals surface area contributed by atoms with Crippen LogP contribution in [-0.2, 0) is 0 Å². The molecule has 0 amide bonds. The maximum absolute atomic E-state index is 12.9. The molecule has 2 heterocycles. The zero-order chi connectivity index (χ0) is 19.9. The molecule has 1 aromatic heterocycles. The van der Waals surface area contributed by atoms with Crippen molar-refractivity contribution in [2.24, 2.45) is 0 Å². The van der Waals surface area contributed by atoms with Crippen LogP contribution in [0.2, 0.25) is 0 Å². The number of ether oxygens (including phenoxy) is 1. The summed E-state index contributed by atoms with van der Waals surface area (Å²) >= 11 is 0. The topological polar surface area (TPSA) is 91.9 Å². The minimum absolute atomic E-state index is 0.202. The van der Waals surface area contributed by atoms with Crippen LogP contribution in [-0.4, -0.2) is 10.6 Å². The lowest BCUT2D eigenvalue weighted by Crippen LogP contribution is -2.30. The second-order valence-corrected chi connectivity index (χ2v) is 7.30. The van der Waals surface area contributed by atoms with Crippen molar-refractivity contribution < 1.29 is 4.74 Å². The number of hydrogen-bond donors (Lipinski definition) is 2. The lowest BCUT2D eigenvalue weighted by Gasteiger charge is -2.31. The van der Waals surface area contributed by atoms with E-state index in [-0.39, 0.29) is 5.56 Å². The van der Waals surface area contributed by atoms with Crippen LogP contribution in [0.3, 0.4) is 0 Å². The van der Waals surface area contributed by atoms with Gasteiger partial charge in [-0.25, -0.2) is 0 Å². The number of nitrogen functional groups attached to an aromatic ring is 1. The molecule has 0 spiro atoms. The number of aromatic amines is 1. The van der Waals surface area contributed by atoms with Crippen LogP contribution in [0, 0.1) is 11.3 Å². The summed E-state index contributed by atoms with van der Waals surface area (Å²) in [4.78, 5) is 15.7. The van der Waals surface area contributed by atoms with Crippen molar-refractivity contribution in [3.63, 3.8) is 0 Å². The summed E-state index contributed by atoms with van der Waals surface area (Å²) in [5, 5.41) is 9.32. The first kappa shape index (κ1) is 17.6. The monoisotopic (exact) mass is 369 g/mol. The van der Waals surface area contributed by atoms with Gasteiger partial charge in [-0.3, -0.25) is 4.79 Å². The maximum Gasteiger partial charge on any atom is 0.256 e. The van der Waals surface area contributed by atoms with E-state index in [2.05, 4.69) is 11.1 Å². The molecule has 1 aliphatic rings. The first-order valence-corrected chi connectivity index (χ1v) is 8.92. The second kappa shape index (κ2) is 6.43. The van der Waals surface area contributed by atoms with Crippen LogP contribution >= 0.6 is 0 Å². The van der Waals surface area contributed by atoms with E-state index in [0.29, 0.717) is 22.6 Å². The highest BCUT2D eigenvalue weighted by molar-refractivity contribution is 5.91. The van der Waals surface area contributed by atoms with Gasteiger partial charge in [0.2, 0.25) is 0 Å². The first-order valence-electron chi connectivity index (χ1n) is 8.92. The van der Waals surface area contributed by atoms with E-state index >= 15 is 0 Å². The predicted molar refractivity (Wildman–Crippen MR) is 110 cm³/mol. The third-order valence-electron chi connectivity index (χ3n) is 4.72. The molecule has 3 aromatic rings. The van der Waals surface area contributed by atoms with Gasteiger partial charge in [-0.15, -0.1) is 0 Å². The fraction of sp³-hybridized carbons (Fsp3) is 0.130. The number of fused-ring (bicyclic) bond motifs is 1. The molecule has 0 bridgehead atoms. The number of hydrogen-bond acceptors (Lipinski definition) is 4. The molecule has 1 aliphatic heterocycles. The quantitative estimate of drug-likeness (QED) is 0.665. The molecular formula is C23H19N3O2. The van der Waals surface area contributed by atoms with Gasteiger partial charge in [0.15, 0.2) is 0 Å². The van der Waals surface area contributed by atoms with Crippen LogP contribution in [0.4, 0.5) is 5.69 Å². The van der Waals surface area contributed by atoms with Crippen molar-refractivity contribution >= 4 is 11.3 Å². The van der Waals surface area contributed by atoms with Crippen molar-refractivity contribution in [1.29, 1.82) is 5.26 Å². The second-order valence-electron chi connectivity index (χ2n) is 7.30. The highest BCUT2D eigenvalue weighted by atomic mass is 16.5. The van der Waals surface area contributed by atoms with Gasteiger partial charge < -0.3 is 15.5 Å². The molecule has 0 fully saturated rings. The molecule has 0 aliphatic carbocycles. The van der Waals surface area contributed by atoms with Crippen LogP contribution in [0.1, 0.15) is 30.5 Å². The highest BCUT2D eigenvalue weighted by Gasteiger charge is 2.29. The average Bonchev–Trinajstić information content (AvgIpc) is 2.67. The molecule has 4 rings (SSSR count). The Kier molecular flexibility index (Phi) is 4.05. The first-order chi connectivity index (χ1) is 13.4. The molecule has 0 unspecified atom stereocenters. The summed E-state index contributed by atoms with van der Waals surface area (Å²) < 4.78 is 6.06. The van der Waals surface area contributed by atoms with Crippen LogP contribution in [0.15, 0.2) is 65.6 Å². The minimum Gasteiger partial charge on any atom is -0.483 e. The van der Waals surface area contributed by atoms with Gasteiger partial charge in [0.25, 0.3) is 5.56 Å². The lowest BCUT2D eigenvalue weighted by molar-refractivity contribution is 0.158. The third kappa shape index (κ3) is 3.06. The molecular weight excluding hydrogens is 350 g/mol. The fourth-order valence-corrected chi connectivity index (χ4v) is 3.49. The van der Waals surface area contributed by atoms with Crippen molar-refractivity contribution in [1.82, 2.24) is 4.98 Å². The molecule has 5 nitrogen and oxygen atoms in total. The van der Waals surface area contributed by atoms with E-state index in [1.807, 2.05) is 50.3 Å². The zero-order valence-electron chi connectivity index (χ0n) is 15.6. The Morgan fingerprint density at radius 2 is 1.82 bits per heavy atom. The number of pyridine rings is 1. The number of rotatable bonds is 2. The Bertz CT molecular complexity index is 1200. The molecule has 0 saturated carbocycles. The van der Waals surface area contributed by atoms with E-state index in [9.17, 15) is 10.1 Å². The SMILES string of the molecule is CC1(C)C=C(c2c(-c3ccc(N)cc3)cc[nH]c2=O)c2cc(C#N)ccc2O1. The van der Waals surface area contributed by atoms with E-state index in [0.717, 1.165) is 22.3 Å². The van der Waals surface area contributed by atoms with Gasteiger partial charge in [0.1, 0.15) is 11.4 Å². The Morgan fingerprint density at radius 3 is 2.54 bits per heavy atom. The number of nitrogens with two attached hydrogens (primary N) is 1. The van der Waals surface area contributed by atoms with Gasteiger partial charge in [-0.1, -0.05) is 12.1 Å². The predicted octanol–water partition coefficient (Wildman–Crippen LogP) is 4.10. The maximum atomic E-state index is 12.9. The number of nitrogens with zero attached hydrogens (tertiary/aromatic N) is 1. The molecule has 3 N–H and O–H groups in total. The molecule has 2 aromatic carbocycles. The number of anilines is 1. The van der Waals surface area contributed by atoms with Gasteiger partial charge in [0.05, 0.1) is 17.2 Å². The standard InChI is InChI=1S/C23H19N3O2/c1-23(2)12-19(18-11-14(13-24)3-8-20(18)28-23)21-17(9-10-26-22(21)27)15-4-6-16(25)7-5-15/h3-12H,25H2,1-2H3,(H,26,27). The summed E-state index contributed by atoms with van der Waals surface area (Å²) in [6.07, 6.45) is 3.57. The Labute approximate surface area is 162 Å². The molecule has 0 radical (unpaired) electrons. The summed E-state index contributed by atoms with van der Waals surface area (Å²) in [5.74, 6) is 0.646. The van der Waals surface area contributed by atoms with E-state index in [1.54, 1.807) is 24.4 Å². The van der Waals surface area contributed by atoms with Crippen LogP contribution in [0.25, 0.3) is 16.7 Å². The summed E-state index contributed by atoms with van der Waals surface area (Å²) in [7, 11) is 0. The van der Waals surface area contributed by atoms with Gasteiger partial charge in [-0.05, 0) is 73.0 Å². The van der Waals surface area contributed by atoms with Crippen molar-refractivity contribution in [3.8, 4) is 22.9 Å². The molecule has 5 heteroatoms. The molecule has 28 heavy (non-hydrogen) atoms. The molecule has 0 saturated heterocycles. The molecule has 138 valence electrons. The number of H-pyrrole nitrogens is 1. The largest absolute Gasteiger partial charge is 0.483 e. The Morgan fingerprint density at radius 1 is 1.07 bits per heavy atom. The Balaban J connectivity index is 2.02.